The van der Waals surface area contributed by atoms with Crippen LogP contribution in [0.15, 0.2) is 24.4 Å². The predicted octanol–water partition coefficient (Wildman–Crippen LogP) is 3.28. The van der Waals surface area contributed by atoms with E-state index >= 15 is 0 Å². The minimum Gasteiger partial charge on any atom is -0.312 e. The highest BCUT2D eigenvalue weighted by Crippen LogP contribution is 2.41. The van der Waals surface area contributed by atoms with E-state index in [1.807, 2.05) is 12.3 Å². The Hall–Kier alpha value is -0.540. The van der Waals surface area contributed by atoms with Crippen LogP contribution < -0.4 is 5.32 Å². The quantitative estimate of drug-likeness (QED) is 0.853. The van der Waals surface area contributed by atoms with Crippen molar-refractivity contribution in [2.75, 3.05) is 12.3 Å². The predicted molar refractivity (Wildman–Crippen MR) is 80.1 cm³/mol. The van der Waals surface area contributed by atoms with Gasteiger partial charge in [0.25, 0.3) is 0 Å². The minimum absolute atomic E-state index is 0.382. The molecule has 2 heterocycles. The summed E-state index contributed by atoms with van der Waals surface area (Å²) in [6.07, 6.45) is 6.82. The van der Waals surface area contributed by atoms with Gasteiger partial charge in [-0.25, -0.2) is 0 Å². The number of thioether (sulfide) groups is 1. The minimum atomic E-state index is 0.382. The van der Waals surface area contributed by atoms with E-state index in [4.69, 9.17) is 0 Å². The highest BCUT2D eigenvalue weighted by Gasteiger charge is 2.37. The molecule has 1 aliphatic heterocycles. The van der Waals surface area contributed by atoms with Gasteiger partial charge in [-0.15, -0.1) is 0 Å². The van der Waals surface area contributed by atoms with E-state index in [9.17, 15) is 0 Å². The molecule has 100 valence electrons. The molecule has 18 heavy (non-hydrogen) atoms. The normalized spacial score (nSPS) is 25.2. The molecule has 1 aromatic heterocycles. The maximum atomic E-state index is 4.48. The zero-order valence-electron chi connectivity index (χ0n) is 11.5. The van der Waals surface area contributed by atoms with Crippen LogP contribution in [0, 0.1) is 0 Å². The Labute approximate surface area is 115 Å². The van der Waals surface area contributed by atoms with Gasteiger partial charge >= 0.3 is 0 Å². The van der Waals surface area contributed by atoms with E-state index in [1.54, 1.807) is 0 Å². The van der Waals surface area contributed by atoms with Gasteiger partial charge in [0.1, 0.15) is 0 Å². The molecule has 0 bridgehead atoms. The zero-order valence-corrected chi connectivity index (χ0v) is 12.3. The highest BCUT2D eigenvalue weighted by molar-refractivity contribution is 8.00. The van der Waals surface area contributed by atoms with Crippen molar-refractivity contribution in [3.8, 4) is 0 Å². The molecule has 0 radical (unpaired) electrons. The lowest BCUT2D eigenvalue weighted by Crippen LogP contribution is -2.47. The van der Waals surface area contributed by atoms with Gasteiger partial charge in [0.15, 0.2) is 0 Å². The Morgan fingerprint density at radius 1 is 1.50 bits per heavy atom. The zero-order chi connectivity index (χ0) is 12.8. The van der Waals surface area contributed by atoms with Crippen molar-refractivity contribution in [3.63, 3.8) is 0 Å². The van der Waals surface area contributed by atoms with E-state index < -0.39 is 0 Å². The standard InChI is InChI=1S/C15H24N2S/c1-3-9-17-14(15(2)8-6-11-18-15)12-13-7-4-5-10-16-13/h4-5,7,10,14,17H,3,6,8-9,11-12H2,1-2H3. The van der Waals surface area contributed by atoms with Crippen LogP contribution in [0.5, 0.6) is 0 Å². The molecule has 0 aliphatic carbocycles. The topological polar surface area (TPSA) is 24.9 Å². The highest BCUT2D eigenvalue weighted by atomic mass is 32.2. The first kappa shape index (κ1) is 13.9. The number of aromatic nitrogens is 1. The Bertz CT molecular complexity index is 347. The molecule has 0 saturated carbocycles. The van der Waals surface area contributed by atoms with Crippen molar-refractivity contribution in [3.05, 3.63) is 30.1 Å². The first-order chi connectivity index (χ1) is 8.74. The summed E-state index contributed by atoms with van der Waals surface area (Å²) in [5.41, 5.74) is 1.21. The first-order valence-corrected chi connectivity index (χ1v) is 8.00. The third-order valence-electron chi connectivity index (χ3n) is 3.77. The first-order valence-electron chi connectivity index (χ1n) is 7.02. The summed E-state index contributed by atoms with van der Waals surface area (Å²) in [6, 6.07) is 6.76. The van der Waals surface area contributed by atoms with Crippen LogP contribution in [0.25, 0.3) is 0 Å². The van der Waals surface area contributed by atoms with Crippen LogP contribution in [0.2, 0.25) is 0 Å². The Morgan fingerprint density at radius 2 is 2.39 bits per heavy atom. The van der Waals surface area contributed by atoms with Crippen LogP contribution in [-0.4, -0.2) is 28.1 Å². The molecule has 3 heteroatoms. The average Bonchev–Trinajstić information content (AvgIpc) is 2.84. The monoisotopic (exact) mass is 264 g/mol. The molecule has 1 N–H and O–H groups in total. The third-order valence-corrected chi connectivity index (χ3v) is 5.41. The van der Waals surface area contributed by atoms with Crippen LogP contribution in [0.4, 0.5) is 0 Å². The van der Waals surface area contributed by atoms with E-state index in [0.717, 1.165) is 13.0 Å². The van der Waals surface area contributed by atoms with Crippen molar-refractivity contribution in [2.45, 2.75) is 50.3 Å². The molecule has 0 spiro atoms. The number of pyridine rings is 1. The molecule has 1 fully saturated rings. The lowest BCUT2D eigenvalue weighted by atomic mass is 9.92. The molecular formula is C15H24N2S. The van der Waals surface area contributed by atoms with Crippen molar-refractivity contribution >= 4 is 11.8 Å². The van der Waals surface area contributed by atoms with Gasteiger partial charge in [-0.3, -0.25) is 4.98 Å². The second kappa shape index (κ2) is 6.58. The lowest BCUT2D eigenvalue weighted by Gasteiger charge is -2.34. The summed E-state index contributed by atoms with van der Waals surface area (Å²) in [5, 5.41) is 3.74. The second-order valence-electron chi connectivity index (χ2n) is 5.30. The Kier molecular flexibility index (Phi) is 5.07. The average molecular weight is 264 g/mol. The molecule has 2 atom stereocenters. The summed E-state index contributed by atoms with van der Waals surface area (Å²) in [5.74, 6) is 1.31. The number of hydrogen-bond donors (Lipinski definition) is 1. The molecule has 0 amide bonds. The van der Waals surface area contributed by atoms with E-state index in [1.165, 1.54) is 30.7 Å². The van der Waals surface area contributed by atoms with Crippen molar-refractivity contribution in [1.29, 1.82) is 0 Å². The lowest BCUT2D eigenvalue weighted by molar-refractivity contribution is 0.396. The maximum absolute atomic E-state index is 4.48. The van der Waals surface area contributed by atoms with Crippen molar-refractivity contribution in [2.24, 2.45) is 0 Å². The number of nitrogens with zero attached hydrogens (tertiary/aromatic N) is 1. The van der Waals surface area contributed by atoms with Crippen molar-refractivity contribution < 1.29 is 0 Å². The summed E-state index contributed by atoms with van der Waals surface area (Å²) >= 11 is 2.13. The molecule has 2 nitrogen and oxygen atoms in total. The van der Waals surface area contributed by atoms with Crippen molar-refractivity contribution in [1.82, 2.24) is 10.3 Å². The summed E-state index contributed by atoms with van der Waals surface area (Å²) in [7, 11) is 0. The fraction of sp³-hybridized carbons (Fsp3) is 0.667. The molecular weight excluding hydrogens is 240 g/mol. The third kappa shape index (κ3) is 3.48. The second-order valence-corrected chi connectivity index (χ2v) is 6.93. The van der Waals surface area contributed by atoms with E-state index in [2.05, 4.69) is 48.0 Å². The maximum Gasteiger partial charge on any atom is 0.0419 e. The van der Waals surface area contributed by atoms with Gasteiger partial charge in [0, 0.05) is 29.1 Å². The smallest absolute Gasteiger partial charge is 0.0419 e. The molecule has 2 rings (SSSR count). The number of hydrogen-bond acceptors (Lipinski definition) is 3. The SMILES string of the molecule is CCCNC(Cc1ccccn1)C1(C)CCCS1. The van der Waals surface area contributed by atoms with Crippen LogP contribution in [0.3, 0.4) is 0 Å². The van der Waals surface area contributed by atoms with Gasteiger partial charge in [0.05, 0.1) is 0 Å². The molecule has 0 aromatic carbocycles. The Morgan fingerprint density at radius 3 is 3.00 bits per heavy atom. The summed E-state index contributed by atoms with van der Waals surface area (Å²) in [6.45, 7) is 5.75. The summed E-state index contributed by atoms with van der Waals surface area (Å²) < 4.78 is 0.382. The van der Waals surface area contributed by atoms with Gasteiger partial charge in [-0.05, 0) is 50.6 Å². The molecule has 1 aliphatic rings. The van der Waals surface area contributed by atoms with E-state index in [0.29, 0.717) is 10.8 Å². The van der Waals surface area contributed by atoms with Crippen LogP contribution >= 0.6 is 11.8 Å². The molecule has 1 saturated heterocycles. The van der Waals surface area contributed by atoms with Gasteiger partial charge < -0.3 is 5.32 Å². The molecule has 2 unspecified atom stereocenters. The van der Waals surface area contributed by atoms with Gasteiger partial charge in [-0.2, -0.15) is 11.8 Å². The van der Waals surface area contributed by atoms with Gasteiger partial charge in [0.2, 0.25) is 0 Å². The molecule has 1 aromatic rings. The fourth-order valence-corrected chi connectivity index (χ4v) is 4.04. The number of rotatable bonds is 6. The number of nitrogens with one attached hydrogen (secondary N) is 1. The van der Waals surface area contributed by atoms with E-state index in [-0.39, 0.29) is 0 Å². The van der Waals surface area contributed by atoms with Gasteiger partial charge in [-0.1, -0.05) is 13.0 Å². The van der Waals surface area contributed by atoms with Crippen LogP contribution in [0.1, 0.15) is 38.8 Å². The largest absolute Gasteiger partial charge is 0.312 e. The Balaban J connectivity index is 2.05. The summed E-state index contributed by atoms with van der Waals surface area (Å²) in [4.78, 5) is 4.48. The fourth-order valence-electron chi connectivity index (χ4n) is 2.63. The van der Waals surface area contributed by atoms with Crippen LogP contribution in [-0.2, 0) is 6.42 Å².